The first-order valence-corrected chi connectivity index (χ1v) is 8.86. The first kappa shape index (κ1) is 22.4. The molecule has 24 heavy (non-hydrogen) atoms. The number of esters is 2. The zero-order chi connectivity index (χ0) is 18.8. The van der Waals surface area contributed by atoms with E-state index in [1.165, 1.54) is 0 Å². The Morgan fingerprint density at radius 2 is 1.50 bits per heavy atom. The van der Waals surface area contributed by atoms with E-state index < -0.39 is 29.2 Å². The lowest BCUT2D eigenvalue weighted by Gasteiger charge is -2.26. The third kappa shape index (κ3) is 6.89. The monoisotopic (exact) mass is 344 g/mol. The minimum absolute atomic E-state index is 0.00153. The van der Waals surface area contributed by atoms with Gasteiger partial charge in [-0.2, -0.15) is 0 Å². The van der Waals surface area contributed by atoms with Gasteiger partial charge < -0.3 is 14.6 Å². The van der Waals surface area contributed by atoms with Crippen molar-refractivity contribution in [3.8, 4) is 0 Å². The first-order valence-electron chi connectivity index (χ1n) is 8.86. The highest BCUT2D eigenvalue weighted by atomic mass is 16.6. The van der Waals surface area contributed by atoms with Crippen LogP contribution in [0.1, 0.15) is 66.7 Å². The molecule has 1 aliphatic rings. The molecule has 1 aliphatic carbocycles. The highest BCUT2D eigenvalue weighted by Crippen LogP contribution is 2.31. The molecule has 6 nitrogen and oxygen atoms in total. The number of aliphatic carboxylic acids is 1. The third-order valence-corrected chi connectivity index (χ3v) is 4.38. The predicted molar refractivity (Wildman–Crippen MR) is 90.4 cm³/mol. The van der Waals surface area contributed by atoms with E-state index in [1.807, 2.05) is 20.8 Å². The van der Waals surface area contributed by atoms with Crippen LogP contribution in [0.2, 0.25) is 0 Å². The molecule has 1 rings (SSSR count). The molecule has 0 saturated heterocycles. The fourth-order valence-electron chi connectivity index (χ4n) is 2.43. The number of hydrogen-bond acceptors (Lipinski definition) is 5. The Morgan fingerprint density at radius 3 is 2.00 bits per heavy atom. The SMILES string of the molecule is CC.CCC(C)(C)C(=O)OCCOC(=O)C1CCCCC1C(=O)O. The molecule has 140 valence electrons. The summed E-state index contributed by atoms with van der Waals surface area (Å²) in [5.41, 5.74) is -0.554. The molecule has 6 heteroatoms. The Hall–Kier alpha value is -1.59. The van der Waals surface area contributed by atoms with Crippen molar-refractivity contribution < 1.29 is 29.0 Å². The van der Waals surface area contributed by atoms with E-state index in [0.717, 1.165) is 12.8 Å². The van der Waals surface area contributed by atoms with E-state index >= 15 is 0 Å². The van der Waals surface area contributed by atoms with Gasteiger partial charge in [0.25, 0.3) is 0 Å². The second-order valence-electron chi connectivity index (χ2n) is 6.38. The van der Waals surface area contributed by atoms with E-state index in [1.54, 1.807) is 13.8 Å². The van der Waals surface area contributed by atoms with E-state index in [2.05, 4.69) is 0 Å². The number of hydrogen-bond donors (Lipinski definition) is 1. The smallest absolute Gasteiger partial charge is 0.311 e. The molecule has 1 fully saturated rings. The predicted octanol–water partition coefficient (Wildman–Crippen LogP) is 3.43. The maximum absolute atomic E-state index is 12.0. The van der Waals surface area contributed by atoms with Crippen molar-refractivity contribution in [2.24, 2.45) is 17.3 Å². The van der Waals surface area contributed by atoms with E-state index in [4.69, 9.17) is 14.6 Å². The van der Waals surface area contributed by atoms with Crippen LogP contribution < -0.4 is 0 Å². The number of carboxylic acid groups (broad SMARTS) is 1. The summed E-state index contributed by atoms with van der Waals surface area (Å²) in [5.74, 6) is -3.03. The maximum atomic E-state index is 12.0. The summed E-state index contributed by atoms with van der Waals surface area (Å²) in [6, 6.07) is 0. The molecular weight excluding hydrogens is 312 g/mol. The number of rotatable bonds is 7. The lowest BCUT2D eigenvalue weighted by atomic mass is 9.79. The largest absolute Gasteiger partial charge is 0.481 e. The standard InChI is InChI=1S/C16H26O6.C2H6/c1-4-16(2,3)15(20)22-10-9-21-14(19)12-8-6-5-7-11(12)13(17)18;1-2/h11-12H,4-10H2,1-3H3,(H,17,18);1-2H3. The number of ether oxygens (including phenoxy) is 2. The Labute approximate surface area is 144 Å². The third-order valence-electron chi connectivity index (χ3n) is 4.38. The summed E-state index contributed by atoms with van der Waals surface area (Å²) < 4.78 is 10.2. The Bertz CT molecular complexity index is 416. The Balaban J connectivity index is 0.00000254. The lowest BCUT2D eigenvalue weighted by Crippen LogP contribution is -2.34. The van der Waals surface area contributed by atoms with Gasteiger partial charge in [-0.3, -0.25) is 14.4 Å². The molecule has 0 aromatic rings. The molecule has 0 radical (unpaired) electrons. The van der Waals surface area contributed by atoms with Crippen LogP contribution in [0.15, 0.2) is 0 Å². The number of carbonyl (C=O) groups is 3. The molecule has 0 heterocycles. The molecule has 0 bridgehead atoms. The lowest BCUT2D eigenvalue weighted by molar-refractivity contribution is -0.164. The summed E-state index contributed by atoms with van der Waals surface area (Å²) in [5, 5.41) is 9.14. The second kappa shape index (κ2) is 11.0. The summed E-state index contributed by atoms with van der Waals surface area (Å²) in [7, 11) is 0. The van der Waals surface area contributed by atoms with Crippen molar-refractivity contribution >= 4 is 17.9 Å². The molecule has 0 aromatic carbocycles. The molecule has 0 aliphatic heterocycles. The van der Waals surface area contributed by atoms with Crippen molar-refractivity contribution in [3.05, 3.63) is 0 Å². The minimum Gasteiger partial charge on any atom is -0.481 e. The second-order valence-corrected chi connectivity index (χ2v) is 6.38. The zero-order valence-electron chi connectivity index (χ0n) is 15.6. The van der Waals surface area contributed by atoms with Gasteiger partial charge in [0.05, 0.1) is 17.3 Å². The number of carboxylic acids is 1. The van der Waals surface area contributed by atoms with Gasteiger partial charge in [-0.05, 0) is 33.1 Å². The van der Waals surface area contributed by atoms with Crippen molar-refractivity contribution in [1.82, 2.24) is 0 Å². The van der Waals surface area contributed by atoms with Crippen molar-refractivity contribution in [2.75, 3.05) is 13.2 Å². The molecular formula is C18H32O6. The van der Waals surface area contributed by atoms with Crippen molar-refractivity contribution in [3.63, 3.8) is 0 Å². The van der Waals surface area contributed by atoms with Crippen LogP contribution >= 0.6 is 0 Å². The van der Waals surface area contributed by atoms with Gasteiger partial charge >= 0.3 is 17.9 Å². The molecule has 0 amide bonds. The average Bonchev–Trinajstić information content (AvgIpc) is 2.59. The molecule has 1 N–H and O–H groups in total. The van der Waals surface area contributed by atoms with Gasteiger partial charge in [0.2, 0.25) is 0 Å². The highest BCUT2D eigenvalue weighted by molar-refractivity contribution is 5.81. The van der Waals surface area contributed by atoms with Crippen LogP contribution in [0, 0.1) is 17.3 Å². The number of carbonyl (C=O) groups excluding carboxylic acids is 2. The van der Waals surface area contributed by atoms with E-state index in [0.29, 0.717) is 19.3 Å². The summed E-state index contributed by atoms with van der Waals surface area (Å²) in [6.07, 6.45) is 3.37. The summed E-state index contributed by atoms with van der Waals surface area (Å²) in [6.45, 7) is 9.45. The molecule has 2 atom stereocenters. The van der Waals surface area contributed by atoms with Crippen molar-refractivity contribution in [2.45, 2.75) is 66.7 Å². The minimum atomic E-state index is -0.947. The Morgan fingerprint density at radius 1 is 1.00 bits per heavy atom. The first-order chi connectivity index (χ1) is 11.3. The Kier molecular flexibility index (Phi) is 10.3. The van der Waals surface area contributed by atoms with Gasteiger partial charge in [0.1, 0.15) is 13.2 Å². The zero-order valence-corrected chi connectivity index (χ0v) is 15.6. The quantitative estimate of drug-likeness (QED) is 0.562. The summed E-state index contributed by atoms with van der Waals surface area (Å²) >= 11 is 0. The van der Waals surface area contributed by atoms with Gasteiger partial charge in [-0.1, -0.05) is 33.6 Å². The molecule has 2 unspecified atom stereocenters. The van der Waals surface area contributed by atoms with Gasteiger partial charge in [-0.25, -0.2) is 0 Å². The van der Waals surface area contributed by atoms with Crippen LogP contribution in [0.3, 0.4) is 0 Å². The van der Waals surface area contributed by atoms with Gasteiger partial charge in [-0.15, -0.1) is 0 Å². The van der Waals surface area contributed by atoms with Gasteiger partial charge in [0, 0.05) is 0 Å². The van der Waals surface area contributed by atoms with E-state index in [9.17, 15) is 14.4 Å². The van der Waals surface area contributed by atoms with Crippen LogP contribution in [0.5, 0.6) is 0 Å². The van der Waals surface area contributed by atoms with Crippen LogP contribution in [-0.4, -0.2) is 36.2 Å². The normalized spacial score (nSPS) is 20.4. The van der Waals surface area contributed by atoms with Gasteiger partial charge in [0.15, 0.2) is 0 Å². The molecule has 1 saturated carbocycles. The topological polar surface area (TPSA) is 89.9 Å². The maximum Gasteiger partial charge on any atom is 0.311 e. The van der Waals surface area contributed by atoms with Crippen LogP contribution in [0.4, 0.5) is 0 Å². The van der Waals surface area contributed by atoms with Crippen molar-refractivity contribution in [1.29, 1.82) is 0 Å². The van der Waals surface area contributed by atoms with Crippen LogP contribution in [-0.2, 0) is 23.9 Å². The summed E-state index contributed by atoms with van der Waals surface area (Å²) in [4.78, 5) is 34.9. The fraction of sp³-hybridized carbons (Fsp3) is 0.833. The van der Waals surface area contributed by atoms with Crippen LogP contribution in [0.25, 0.3) is 0 Å². The fourth-order valence-corrected chi connectivity index (χ4v) is 2.43. The molecule has 0 spiro atoms. The molecule has 0 aromatic heterocycles. The van der Waals surface area contributed by atoms with E-state index in [-0.39, 0.29) is 19.2 Å². The average molecular weight is 344 g/mol. The highest BCUT2D eigenvalue weighted by Gasteiger charge is 2.36.